The van der Waals surface area contributed by atoms with Crippen molar-refractivity contribution in [3.8, 4) is 0 Å². The monoisotopic (exact) mass is 247 g/mol. The van der Waals surface area contributed by atoms with E-state index in [4.69, 9.17) is 17.3 Å². The molecule has 0 aliphatic rings. The summed E-state index contributed by atoms with van der Waals surface area (Å²) in [5, 5.41) is 3.95. The van der Waals surface area contributed by atoms with Crippen molar-refractivity contribution in [2.45, 2.75) is 13.1 Å². The second kappa shape index (κ2) is 5.66. The molecule has 0 aliphatic carbocycles. The SMILES string of the molecule is NCc1ccc(CNc2ccccc2Cl)nc1. The molecule has 0 amide bonds. The van der Waals surface area contributed by atoms with Gasteiger partial charge in [-0.3, -0.25) is 4.98 Å². The number of pyridine rings is 1. The minimum atomic E-state index is 0.519. The number of rotatable bonds is 4. The highest BCUT2D eigenvalue weighted by molar-refractivity contribution is 6.33. The lowest BCUT2D eigenvalue weighted by atomic mass is 10.2. The highest BCUT2D eigenvalue weighted by Gasteiger charge is 1.99. The van der Waals surface area contributed by atoms with Gasteiger partial charge in [-0.25, -0.2) is 0 Å². The van der Waals surface area contributed by atoms with E-state index in [1.165, 1.54) is 0 Å². The van der Waals surface area contributed by atoms with E-state index in [-0.39, 0.29) is 0 Å². The molecule has 0 unspecified atom stereocenters. The number of nitrogens with two attached hydrogens (primary N) is 1. The Morgan fingerprint density at radius 3 is 2.65 bits per heavy atom. The van der Waals surface area contributed by atoms with E-state index in [1.807, 2.05) is 36.4 Å². The summed E-state index contributed by atoms with van der Waals surface area (Å²) in [5.41, 5.74) is 8.42. The Balaban J connectivity index is 2.00. The summed E-state index contributed by atoms with van der Waals surface area (Å²) in [6.07, 6.45) is 1.80. The number of hydrogen-bond acceptors (Lipinski definition) is 3. The second-order valence-corrected chi connectivity index (χ2v) is 4.10. The summed E-state index contributed by atoms with van der Waals surface area (Å²) in [4.78, 5) is 4.31. The Kier molecular flexibility index (Phi) is 3.96. The van der Waals surface area contributed by atoms with Gasteiger partial charge in [0.2, 0.25) is 0 Å². The van der Waals surface area contributed by atoms with Crippen molar-refractivity contribution in [3.05, 3.63) is 58.9 Å². The first-order valence-electron chi connectivity index (χ1n) is 5.42. The van der Waals surface area contributed by atoms with Gasteiger partial charge in [0, 0.05) is 12.7 Å². The van der Waals surface area contributed by atoms with Crippen LogP contribution in [0.4, 0.5) is 5.69 Å². The number of para-hydroxylation sites is 1. The number of halogens is 1. The molecule has 17 heavy (non-hydrogen) atoms. The molecule has 0 bridgehead atoms. The first-order valence-corrected chi connectivity index (χ1v) is 5.79. The van der Waals surface area contributed by atoms with E-state index in [1.54, 1.807) is 6.20 Å². The Hall–Kier alpha value is -1.58. The van der Waals surface area contributed by atoms with E-state index in [9.17, 15) is 0 Å². The van der Waals surface area contributed by atoms with Crippen molar-refractivity contribution in [2.24, 2.45) is 5.73 Å². The summed E-state index contributed by atoms with van der Waals surface area (Å²) in [6.45, 7) is 1.17. The van der Waals surface area contributed by atoms with Crippen molar-refractivity contribution in [1.82, 2.24) is 4.98 Å². The zero-order chi connectivity index (χ0) is 12.1. The van der Waals surface area contributed by atoms with Gasteiger partial charge in [-0.05, 0) is 23.8 Å². The Bertz CT molecular complexity index is 482. The molecule has 0 radical (unpaired) electrons. The van der Waals surface area contributed by atoms with E-state index in [0.717, 1.165) is 16.9 Å². The third kappa shape index (κ3) is 3.19. The number of aromatic nitrogens is 1. The largest absolute Gasteiger partial charge is 0.378 e. The lowest BCUT2D eigenvalue weighted by Crippen LogP contribution is -2.03. The van der Waals surface area contributed by atoms with Gasteiger partial charge >= 0.3 is 0 Å². The summed E-state index contributed by atoms with van der Waals surface area (Å²) in [5.74, 6) is 0. The van der Waals surface area contributed by atoms with Gasteiger partial charge in [-0.15, -0.1) is 0 Å². The van der Waals surface area contributed by atoms with Crippen LogP contribution in [0.15, 0.2) is 42.6 Å². The van der Waals surface area contributed by atoms with E-state index in [2.05, 4.69) is 10.3 Å². The third-order valence-electron chi connectivity index (χ3n) is 2.46. The van der Waals surface area contributed by atoms with Crippen LogP contribution in [0.3, 0.4) is 0 Å². The average Bonchev–Trinajstić information content (AvgIpc) is 2.38. The molecule has 1 aromatic carbocycles. The predicted octanol–water partition coefficient (Wildman–Crippen LogP) is 2.81. The maximum Gasteiger partial charge on any atom is 0.0637 e. The topological polar surface area (TPSA) is 50.9 Å². The van der Waals surface area contributed by atoms with Crippen molar-refractivity contribution < 1.29 is 0 Å². The summed E-state index contributed by atoms with van der Waals surface area (Å²) in [7, 11) is 0. The maximum atomic E-state index is 6.04. The zero-order valence-electron chi connectivity index (χ0n) is 9.36. The maximum absolute atomic E-state index is 6.04. The molecule has 3 N–H and O–H groups in total. The molecule has 2 rings (SSSR count). The van der Waals surface area contributed by atoms with Crippen molar-refractivity contribution in [3.63, 3.8) is 0 Å². The molecule has 0 saturated heterocycles. The van der Waals surface area contributed by atoms with Gasteiger partial charge in [-0.2, -0.15) is 0 Å². The van der Waals surface area contributed by atoms with Crippen LogP contribution in [-0.4, -0.2) is 4.98 Å². The van der Waals surface area contributed by atoms with Gasteiger partial charge in [0.25, 0.3) is 0 Å². The minimum absolute atomic E-state index is 0.519. The van der Waals surface area contributed by atoms with Gasteiger partial charge < -0.3 is 11.1 Å². The fraction of sp³-hybridized carbons (Fsp3) is 0.154. The summed E-state index contributed by atoms with van der Waals surface area (Å²) in [6, 6.07) is 11.6. The molecule has 2 aromatic rings. The fourth-order valence-corrected chi connectivity index (χ4v) is 1.67. The second-order valence-electron chi connectivity index (χ2n) is 3.70. The Morgan fingerprint density at radius 2 is 2.00 bits per heavy atom. The molecule has 88 valence electrons. The van der Waals surface area contributed by atoms with Gasteiger partial charge in [0.1, 0.15) is 0 Å². The molecule has 0 spiro atoms. The van der Waals surface area contributed by atoms with Crippen LogP contribution in [0.25, 0.3) is 0 Å². The van der Waals surface area contributed by atoms with Crippen molar-refractivity contribution in [2.75, 3.05) is 5.32 Å². The quantitative estimate of drug-likeness (QED) is 0.874. The normalized spacial score (nSPS) is 10.2. The zero-order valence-corrected chi connectivity index (χ0v) is 10.1. The molecule has 1 aromatic heterocycles. The van der Waals surface area contributed by atoms with Crippen LogP contribution in [0.5, 0.6) is 0 Å². The molecular weight excluding hydrogens is 234 g/mol. The number of benzene rings is 1. The minimum Gasteiger partial charge on any atom is -0.378 e. The first kappa shape index (κ1) is 11.9. The predicted molar refractivity (Wildman–Crippen MR) is 70.9 cm³/mol. The molecule has 4 heteroatoms. The molecule has 0 atom stereocenters. The van der Waals surface area contributed by atoms with Crippen molar-refractivity contribution in [1.29, 1.82) is 0 Å². The van der Waals surface area contributed by atoms with Crippen LogP contribution < -0.4 is 11.1 Å². The molecule has 0 fully saturated rings. The third-order valence-corrected chi connectivity index (χ3v) is 2.79. The highest BCUT2D eigenvalue weighted by atomic mass is 35.5. The standard InChI is InChI=1S/C13H14ClN3/c14-12-3-1-2-4-13(12)17-9-11-6-5-10(7-15)8-16-11/h1-6,8,17H,7,9,15H2. The summed E-state index contributed by atoms with van der Waals surface area (Å²) >= 11 is 6.04. The molecular formula is C13H14ClN3. The number of anilines is 1. The first-order chi connectivity index (χ1) is 8.29. The van der Waals surface area contributed by atoms with Crippen LogP contribution in [0.2, 0.25) is 5.02 Å². The lowest BCUT2D eigenvalue weighted by Gasteiger charge is -2.07. The molecule has 0 aliphatic heterocycles. The van der Waals surface area contributed by atoms with Crippen LogP contribution in [-0.2, 0) is 13.1 Å². The van der Waals surface area contributed by atoms with Crippen LogP contribution >= 0.6 is 11.6 Å². The molecule has 1 heterocycles. The Labute approximate surface area is 106 Å². The molecule has 3 nitrogen and oxygen atoms in total. The van der Waals surface area contributed by atoms with E-state index in [0.29, 0.717) is 18.1 Å². The average molecular weight is 248 g/mol. The number of nitrogens with one attached hydrogen (secondary N) is 1. The smallest absolute Gasteiger partial charge is 0.0637 e. The Morgan fingerprint density at radius 1 is 1.18 bits per heavy atom. The molecule has 0 saturated carbocycles. The fourth-order valence-electron chi connectivity index (χ4n) is 1.47. The summed E-state index contributed by atoms with van der Waals surface area (Å²) < 4.78 is 0. The van der Waals surface area contributed by atoms with E-state index >= 15 is 0 Å². The van der Waals surface area contributed by atoms with E-state index < -0.39 is 0 Å². The highest BCUT2D eigenvalue weighted by Crippen LogP contribution is 2.20. The van der Waals surface area contributed by atoms with Gasteiger partial charge in [0.15, 0.2) is 0 Å². The number of hydrogen-bond donors (Lipinski definition) is 2. The van der Waals surface area contributed by atoms with Crippen LogP contribution in [0, 0.1) is 0 Å². The number of nitrogens with zero attached hydrogens (tertiary/aromatic N) is 1. The van der Waals surface area contributed by atoms with Gasteiger partial charge in [-0.1, -0.05) is 29.8 Å². The van der Waals surface area contributed by atoms with Crippen LogP contribution in [0.1, 0.15) is 11.3 Å². The van der Waals surface area contributed by atoms with Gasteiger partial charge in [0.05, 0.1) is 22.9 Å². The lowest BCUT2D eigenvalue weighted by molar-refractivity contribution is 0.994. The van der Waals surface area contributed by atoms with Crippen molar-refractivity contribution >= 4 is 17.3 Å².